The molecule has 1 fully saturated rings. The first-order valence-electron chi connectivity index (χ1n) is 7.44. The van der Waals surface area contributed by atoms with Crippen LogP contribution in [-0.2, 0) is 4.79 Å². The van der Waals surface area contributed by atoms with Gasteiger partial charge in [-0.25, -0.2) is 4.39 Å². The molecule has 126 valence electrons. The summed E-state index contributed by atoms with van der Waals surface area (Å²) in [5.74, 6) is -2.25. The fraction of sp³-hybridized carbons (Fsp3) is 0.467. The van der Waals surface area contributed by atoms with Crippen molar-refractivity contribution in [1.82, 2.24) is 15.5 Å². The summed E-state index contributed by atoms with van der Waals surface area (Å²) < 4.78 is 13.9. The maximum Gasteiger partial charge on any atom is 0.322 e. The highest BCUT2D eigenvalue weighted by Crippen LogP contribution is 2.24. The summed E-state index contributed by atoms with van der Waals surface area (Å²) in [5, 5.41) is 14.3. The molecule has 1 aromatic rings. The van der Waals surface area contributed by atoms with E-state index in [1.54, 1.807) is 6.07 Å². The monoisotopic (exact) mass is 324 g/mol. The smallest absolute Gasteiger partial charge is 0.322 e. The summed E-state index contributed by atoms with van der Waals surface area (Å²) >= 11 is 0. The number of nitrogens with zero attached hydrogens (tertiary/aromatic N) is 1. The topological polar surface area (TPSA) is 108 Å². The predicted octanol–water partition coefficient (Wildman–Crippen LogP) is -0.109. The first kappa shape index (κ1) is 17.3. The third kappa shape index (κ3) is 4.25. The number of amides is 1. The van der Waals surface area contributed by atoms with E-state index in [2.05, 4.69) is 15.5 Å². The molecule has 0 saturated carbocycles. The molecule has 0 aromatic heterocycles. The summed E-state index contributed by atoms with van der Waals surface area (Å²) in [6.07, 6.45) is 0. The van der Waals surface area contributed by atoms with Crippen molar-refractivity contribution >= 4 is 11.9 Å². The number of carbonyl (C=O) groups excluding carboxylic acids is 1. The fourth-order valence-corrected chi connectivity index (χ4v) is 2.57. The van der Waals surface area contributed by atoms with Crippen molar-refractivity contribution in [2.75, 3.05) is 26.3 Å². The van der Waals surface area contributed by atoms with Crippen LogP contribution in [0.5, 0.6) is 0 Å². The Morgan fingerprint density at radius 1 is 1.52 bits per heavy atom. The molecule has 1 amide bonds. The standard InChI is InChI=1S/C15H21FN4O3/c1-2-20-8-18-7-13(20)9-3-10(5-11(16)4-9)14(21)19-6-12(17)15(22)23/h3-5,12-13,18H,2,6-8,17H2,1H3,(H,19,21)(H,22,23)/t12-,13?/m1/s1. The van der Waals surface area contributed by atoms with Gasteiger partial charge in [0, 0.05) is 31.4 Å². The lowest BCUT2D eigenvalue weighted by molar-refractivity contribution is -0.138. The molecule has 1 aliphatic heterocycles. The minimum absolute atomic E-state index is 0.00327. The van der Waals surface area contributed by atoms with Crippen molar-refractivity contribution in [2.24, 2.45) is 5.73 Å². The fourth-order valence-electron chi connectivity index (χ4n) is 2.57. The van der Waals surface area contributed by atoms with E-state index in [0.717, 1.165) is 12.6 Å². The van der Waals surface area contributed by atoms with Crippen molar-refractivity contribution in [3.63, 3.8) is 0 Å². The lowest BCUT2D eigenvalue weighted by Gasteiger charge is -2.22. The molecule has 8 heteroatoms. The SMILES string of the molecule is CCN1CNCC1c1cc(F)cc(C(=O)NC[C@@H](N)C(=O)O)c1. The highest BCUT2D eigenvalue weighted by Gasteiger charge is 2.25. The molecule has 0 bridgehead atoms. The van der Waals surface area contributed by atoms with Gasteiger partial charge < -0.3 is 21.5 Å². The first-order valence-corrected chi connectivity index (χ1v) is 7.44. The number of aliphatic carboxylic acids is 1. The van der Waals surface area contributed by atoms with Crippen LogP contribution in [0.2, 0.25) is 0 Å². The van der Waals surface area contributed by atoms with Crippen LogP contribution in [0.4, 0.5) is 4.39 Å². The molecule has 23 heavy (non-hydrogen) atoms. The minimum atomic E-state index is -1.21. The second kappa shape index (κ2) is 7.49. The molecule has 7 nitrogen and oxygen atoms in total. The van der Waals surface area contributed by atoms with E-state index in [4.69, 9.17) is 10.8 Å². The minimum Gasteiger partial charge on any atom is -0.480 e. The lowest BCUT2D eigenvalue weighted by atomic mass is 10.0. The number of nitrogens with one attached hydrogen (secondary N) is 2. The van der Waals surface area contributed by atoms with Crippen LogP contribution in [0, 0.1) is 5.82 Å². The van der Waals surface area contributed by atoms with Gasteiger partial charge in [-0.3, -0.25) is 14.5 Å². The number of carbonyl (C=O) groups is 2. The van der Waals surface area contributed by atoms with Gasteiger partial charge in [-0.1, -0.05) is 6.92 Å². The molecule has 5 N–H and O–H groups in total. The number of hydrogen-bond donors (Lipinski definition) is 4. The predicted molar refractivity (Wildman–Crippen MR) is 82.3 cm³/mol. The summed E-state index contributed by atoms with van der Waals surface area (Å²) in [6, 6.07) is 2.99. The quantitative estimate of drug-likeness (QED) is 0.582. The molecule has 1 aromatic carbocycles. The van der Waals surface area contributed by atoms with Crippen LogP contribution >= 0.6 is 0 Å². The molecule has 2 atom stereocenters. The van der Waals surface area contributed by atoms with Gasteiger partial charge in [-0.15, -0.1) is 0 Å². The maximum absolute atomic E-state index is 13.9. The second-order valence-corrected chi connectivity index (χ2v) is 5.46. The lowest BCUT2D eigenvalue weighted by Crippen LogP contribution is -2.42. The number of carboxylic acids is 1. The molecule has 2 rings (SSSR count). The van der Waals surface area contributed by atoms with Crippen LogP contribution in [0.3, 0.4) is 0 Å². The average Bonchev–Trinajstić information content (AvgIpc) is 3.00. The van der Waals surface area contributed by atoms with Gasteiger partial charge in [-0.05, 0) is 30.3 Å². The Bertz CT molecular complexity index is 596. The maximum atomic E-state index is 13.9. The average molecular weight is 324 g/mol. The van der Waals surface area contributed by atoms with Crippen molar-refractivity contribution < 1.29 is 19.1 Å². The number of nitrogens with two attached hydrogens (primary N) is 1. The summed E-state index contributed by atoms with van der Waals surface area (Å²) in [5.41, 5.74) is 6.20. The van der Waals surface area contributed by atoms with E-state index in [0.29, 0.717) is 18.8 Å². The number of halogens is 1. The van der Waals surface area contributed by atoms with Gasteiger partial charge in [0.15, 0.2) is 0 Å². The van der Waals surface area contributed by atoms with E-state index in [1.807, 2.05) is 6.92 Å². The van der Waals surface area contributed by atoms with E-state index >= 15 is 0 Å². The molecular formula is C15H21FN4O3. The summed E-state index contributed by atoms with van der Waals surface area (Å²) in [6.45, 7) is 4.00. The highest BCUT2D eigenvalue weighted by atomic mass is 19.1. The van der Waals surface area contributed by atoms with E-state index in [1.165, 1.54) is 6.07 Å². The zero-order valence-electron chi connectivity index (χ0n) is 12.9. The second-order valence-electron chi connectivity index (χ2n) is 5.46. The van der Waals surface area contributed by atoms with E-state index < -0.39 is 23.7 Å². The van der Waals surface area contributed by atoms with Gasteiger partial charge in [0.25, 0.3) is 5.91 Å². The molecule has 1 saturated heterocycles. The summed E-state index contributed by atoms with van der Waals surface area (Å²) in [4.78, 5) is 24.9. The third-order valence-electron chi connectivity index (χ3n) is 3.87. The molecule has 1 heterocycles. The van der Waals surface area contributed by atoms with Gasteiger partial charge in [0.05, 0.1) is 0 Å². The Morgan fingerprint density at radius 2 is 2.26 bits per heavy atom. The highest BCUT2D eigenvalue weighted by molar-refractivity contribution is 5.94. The first-order chi connectivity index (χ1) is 10.9. The molecular weight excluding hydrogens is 303 g/mol. The number of carboxylic acid groups (broad SMARTS) is 1. The van der Waals surface area contributed by atoms with Crippen LogP contribution in [0.25, 0.3) is 0 Å². The van der Waals surface area contributed by atoms with Crippen LogP contribution in [0.1, 0.15) is 28.9 Å². The Morgan fingerprint density at radius 3 is 2.91 bits per heavy atom. The number of likely N-dealkylation sites (N-methyl/N-ethyl adjacent to an activating group) is 1. The zero-order chi connectivity index (χ0) is 17.0. The Balaban J connectivity index is 2.13. The van der Waals surface area contributed by atoms with Crippen molar-refractivity contribution in [3.8, 4) is 0 Å². The van der Waals surface area contributed by atoms with E-state index in [9.17, 15) is 14.0 Å². The normalized spacial score (nSPS) is 19.5. The van der Waals surface area contributed by atoms with Gasteiger partial charge in [-0.2, -0.15) is 0 Å². The number of benzene rings is 1. The molecule has 0 spiro atoms. The van der Waals surface area contributed by atoms with E-state index in [-0.39, 0.29) is 18.2 Å². The van der Waals surface area contributed by atoms with Crippen LogP contribution in [0.15, 0.2) is 18.2 Å². The molecule has 1 unspecified atom stereocenters. The van der Waals surface area contributed by atoms with Crippen molar-refractivity contribution in [1.29, 1.82) is 0 Å². The van der Waals surface area contributed by atoms with Gasteiger partial charge in [0.1, 0.15) is 11.9 Å². The van der Waals surface area contributed by atoms with Crippen LogP contribution in [-0.4, -0.2) is 54.2 Å². The number of hydrogen-bond acceptors (Lipinski definition) is 5. The Hall–Kier alpha value is -2.03. The molecule has 1 aliphatic rings. The van der Waals surface area contributed by atoms with Crippen LogP contribution < -0.4 is 16.4 Å². The van der Waals surface area contributed by atoms with Gasteiger partial charge >= 0.3 is 5.97 Å². The van der Waals surface area contributed by atoms with Crippen molar-refractivity contribution in [2.45, 2.75) is 19.0 Å². The third-order valence-corrected chi connectivity index (χ3v) is 3.87. The van der Waals surface area contributed by atoms with Crippen molar-refractivity contribution in [3.05, 3.63) is 35.1 Å². The van der Waals surface area contributed by atoms with Gasteiger partial charge in [0.2, 0.25) is 0 Å². The summed E-state index contributed by atoms with van der Waals surface area (Å²) in [7, 11) is 0. The number of rotatable bonds is 6. The molecule has 0 radical (unpaired) electrons. The largest absolute Gasteiger partial charge is 0.480 e. The Kier molecular flexibility index (Phi) is 5.64. The Labute approximate surface area is 133 Å². The molecule has 0 aliphatic carbocycles. The zero-order valence-corrected chi connectivity index (χ0v) is 12.9.